The van der Waals surface area contributed by atoms with E-state index in [9.17, 15) is 14.3 Å². The minimum absolute atomic E-state index is 0.230. The number of anilines is 1. The van der Waals surface area contributed by atoms with Gasteiger partial charge < -0.3 is 20.5 Å². The van der Waals surface area contributed by atoms with E-state index in [-0.39, 0.29) is 11.8 Å². The summed E-state index contributed by atoms with van der Waals surface area (Å²) in [6.45, 7) is 6.16. The number of amides is 1. The molecule has 0 atom stereocenters. The van der Waals surface area contributed by atoms with Gasteiger partial charge in [-0.25, -0.2) is 9.18 Å². The fraction of sp³-hybridized carbons (Fsp3) is 0.562. The minimum atomic E-state index is -1.14. The molecule has 0 aliphatic carbocycles. The van der Waals surface area contributed by atoms with Crippen molar-refractivity contribution in [1.82, 2.24) is 4.90 Å². The minimum Gasteiger partial charge on any atom is -0.444 e. The summed E-state index contributed by atoms with van der Waals surface area (Å²) in [5.74, 6) is -0.434. The molecule has 1 aliphatic heterocycles. The fourth-order valence-electron chi connectivity index (χ4n) is 2.61. The Labute approximate surface area is 129 Å². The van der Waals surface area contributed by atoms with Gasteiger partial charge in [-0.3, -0.25) is 0 Å². The second-order valence-corrected chi connectivity index (χ2v) is 6.73. The van der Waals surface area contributed by atoms with Gasteiger partial charge in [0, 0.05) is 24.3 Å². The highest BCUT2D eigenvalue weighted by Gasteiger charge is 2.37. The maximum Gasteiger partial charge on any atom is 0.410 e. The van der Waals surface area contributed by atoms with Crippen molar-refractivity contribution >= 4 is 11.8 Å². The molecule has 1 aromatic rings. The quantitative estimate of drug-likeness (QED) is 0.782. The summed E-state index contributed by atoms with van der Waals surface area (Å²) in [6.07, 6.45) is 0.283. The van der Waals surface area contributed by atoms with Crippen LogP contribution in [0.2, 0.25) is 0 Å². The lowest BCUT2D eigenvalue weighted by Gasteiger charge is -2.39. The summed E-state index contributed by atoms with van der Waals surface area (Å²) in [5, 5.41) is 10.8. The van der Waals surface area contributed by atoms with Crippen LogP contribution in [0.25, 0.3) is 0 Å². The van der Waals surface area contributed by atoms with Crippen LogP contribution in [0.1, 0.15) is 39.2 Å². The zero-order valence-corrected chi connectivity index (χ0v) is 13.2. The molecule has 0 unspecified atom stereocenters. The number of nitrogen functional groups attached to an aromatic ring is 1. The van der Waals surface area contributed by atoms with Crippen LogP contribution in [-0.4, -0.2) is 34.8 Å². The summed E-state index contributed by atoms with van der Waals surface area (Å²) in [4.78, 5) is 13.6. The van der Waals surface area contributed by atoms with Crippen LogP contribution in [0.4, 0.5) is 14.9 Å². The van der Waals surface area contributed by atoms with E-state index in [1.807, 2.05) is 20.8 Å². The molecule has 3 N–H and O–H groups in total. The zero-order valence-electron chi connectivity index (χ0n) is 13.2. The van der Waals surface area contributed by atoms with E-state index in [2.05, 4.69) is 0 Å². The zero-order chi connectivity index (χ0) is 16.5. The molecule has 5 nitrogen and oxygen atoms in total. The number of halogens is 1. The highest BCUT2D eigenvalue weighted by atomic mass is 19.1. The number of hydrogen-bond donors (Lipinski definition) is 2. The van der Waals surface area contributed by atoms with Gasteiger partial charge in [0.1, 0.15) is 11.4 Å². The molecular weight excluding hydrogens is 287 g/mol. The van der Waals surface area contributed by atoms with Crippen LogP contribution in [0.5, 0.6) is 0 Å². The smallest absolute Gasteiger partial charge is 0.410 e. The van der Waals surface area contributed by atoms with Crippen molar-refractivity contribution in [2.75, 3.05) is 18.8 Å². The van der Waals surface area contributed by atoms with E-state index in [1.54, 1.807) is 4.90 Å². The molecule has 122 valence electrons. The van der Waals surface area contributed by atoms with Crippen molar-refractivity contribution in [2.45, 2.75) is 44.8 Å². The second kappa shape index (κ2) is 5.76. The van der Waals surface area contributed by atoms with Gasteiger partial charge in [-0.15, -0.1) is 0 Å². The summed E-state index contributed by atoms with van der Waals surface area (Å²) in [7, 11) is 0. The number of piperidine rings is 1. The van der Waals surface area contributed by atoms with E-state index in [4.69, 9.17) is 10.5 Å². The Kier molecular flexibility index (Phi) is 4.33. The molecule has 1 fully saturated rings. The number of rotatable bonds is 1. The van der Waals surface area contributed by atoms with Crippen LogP contribution in [0.15, 0.2) is 18.2 Å². The standard InChI is InChI=1S/C16H23FN2O3/c1-15(2,3)22-14(20)19-8-6-16(21,7-9-19)12-5-4-11(17)10-13(12)18/h4-5,10,21H,6-9,18H2,1-3H3. The molecular formula is C16H23FN2O3. The van der Waals surface area contributed by atoms with Crippen LogP contribution in [0.3, 0.4) is 0 Å². The van der Waals surface area contributed by atoms with Gasteiger partial charge in [-0.2, -0.15) is 0 Å². The maximum atomic E-state index is 13.1. The molecule has 2 rings (SSSR count). The van der Waals surface area contributed by atoms with Gasteiger partial charge >= 0.3 is 6.09 Å². The lowest BCUT2D eigenvalue weighted by Crippen LogP contribution is -2.47. The first-order chi connectivity index (χ1) is 10.1. The molecule has 0 radical (unpaired) electrons. The monoisotopic (exact) mass is 310 g/mol. The van der Waals surface area contributed by atoms with Crippen molar-refractivity contribution in [3.63, 3.8) is 0 Å². The van der Waals surface area contributed by atoms with Crippen molar-refractivity contribution in [1.29, 1.82) is 0 Å². The molecule has 1 heterocycles. The van der Waals surface area contributed by atoms with Crippen molar-refractivity contribution in [3.05, 3.63) is 29.6 Å². The molecule has 6 heteroatoms. The third kappa shape index (κ3) is 3.68. The van der Waals surface area contributed by atoms with Crippen molar-refractivity contribution in [2.24, 2.45) is 0 Å². The number of carbonyl (C=O) groups excluding carboxylic acids is 1. The highest BCUT2D eigenvalue weighted by molar-refractivity contribution is 5.68. The molecule has 1 aliphatic rings. The van der Waals surface area contributed by atoms with Crippen LogP contribution < -0.4 is 5.73 Å². The van der Waals surface area contributed by atoms with Crippen LogP contribution >= 0.6 is 0 Å². The first-order valence-electron chi connectivity index (χ1n) is 7.36. The molecule has 0 spiro atoms. The highest BCUT2D eigenvalue weighted by Crippen LogP contribution is 2.36. The van der Waals surface area contributed by atoms with Crippen molar-refractivity contribution < 1.29 is 19.0 Å². The summed E-state index contributed by atoms with van der Waals surface area (Å²) in [5.41, 5.74) is 4.86. The van der Waals surface area contributed by atoms with E-state index in [1.165, 1.54) is 18.2 Å². The molecule has 0 bridgehead atoms. The lowest BCUT2D eigenvalue weighted by molar-refractivity contribution is -0.0352. The van der Waals surface area contributed by atoms with Gasteiger partial charge in [0.25, 0.3) is 0 Å². The average Bonchev–Trinajstić information content (AvgIpc) is 2.36. The topological polar surface area (TPSA) is 75.8 Å². The third-order valence-electron chi connectivity index (χ3n) is 3.76. The normalized spacial score (nSPS) is 18.1. The molecule has 0 saturated carbocycles. The number of hydrogen-bond acceptors (Lipinski definition) is 4. The first-order valence-corrected chi connectivity index (χ1v) is 7.36. The number of likely N-dealkylation sites (tertiary alicyclic amines) is 1. The Bertz CT molecular complexity index is 561. The van der Waals surface area contributed by atoms with E-state index in [0.29, 0.717) is 31.5 Å². The number of nitrogens with two attached hydrogens (primary N) is 1. The van der Waals surface area contributed by atoms with Crippen LogP contribution in [0, 0.1) is 5.82 Å². The predicted octanol–water partition coefficient (Wildman–Crippen LogP) is 2.63. The Morgan fingerprint density at radius 1 is 1.36 bits per heavy atom. The maximum absolute atomic E-state index is 13.1. The summed E-state index contributed by atoms with van der Waals surface area (Å²) >= 11 is 0. The fourth-order valence-corrected chi connectivity index (χ4v) is 2.61. The second-order valence-electron chi connectivity index (χ2n) is 6.73. The Balaban J connectivity index is 2.06. The first kappa shape index (κ1) is 16.5. The SMILES string of the molecule is CC(C)(C)OC(=O)N1CCC(O)(c2ccc(F)cc2N)CC1. The molecule has 1 saturated heterocycles. The van der Waals surface area contributed by atoms with E-state index in [0.717, 1.165) is 0 Å². The molecule has 0 aromatic heterocycles. The average molecular weight is 310 g/mol. The number of carbonyl (C=O) groups is 1. The third-order valence-corrected chi connectivity index (χ3v) is 3.76. The largest absolute Gasteiger partial charge is 0.444 e. The molecule has 22 heavy (non-hydrogen) atoms. The van der Waals surface area contributed by atoms with Gasteiger partial charge in [0.2, 0.25) is 0 Å². The molecule has 1 amide bonds. The number of ether oxygens (including phenoxy) is 1. The lowest BCUT2D eigenvalue weighted by atomic mass is 9.83. The molecule has 1 aromatic carbocycles. The van der Waals surface area contributed by atoms with E-state index < -0.39 is 17.0 Å². The predicted molar refractivity (Wildman–Crippen MR) is 81.8 cm³/mol. The van der Waals surface area contributed by atoms with Gasteiger partial charge in [-0.1, -0.05) is 6.07 Å². The number of nitrogens with zero attached hydrogens (tertiary/aromatic N) is 1. The Hall–Kier alpha value is -1.82. The summed E-state index contributed by atoms with van der Waals surface area (Å²) in [6, 6.07) is 3.99. The van der Waals surface area contributed by atoms with Crippen molar-refractivity contribution in [3.8, 4) is 0 Å². The number of aliphatic hydroxyl groups is 1. The van der Waals surface area contributed by atoms with Crippen LogP contribution in [-0.2, 0) is 10.3 Å². The number of benzene rings is 1. The van der Waals surface area contributed by atoms with E-state index >= 15 is 0 Å². The van der Waals surface area contributed by atoms with Gasteiger partial charge in [0.05, 0.1) is 5.60 Å². The van der Waals surface area contributed by atoms with Gasteiger partial charge in [0.15, 0.2) is 0 Å². The Morgan fingerprint density at radius 3 is 2.45 bits per heavy atom. The Morgan fingerprint density at radius 2 is 1.95 bits per heavy atom. The summed E-state index contributed by atoms with van der Waals surface area (Å²) < 4.78 is 18.5. The van der Waals surface area contributed by atoms with Gasteiger partial charge in [-0.05, 0) is 45.7 Å².